The van der Waals surface area contributed by atoms with Gasteiger partial charge in [0.2, 0.25) is 0 Å². The first-order chi connectivity index (χ1) is 8.93. The Morgan fingerprint density at radius 1 is 1.63 bits per heavy atom. The van der Waals surface area contributed by atoms with Gasteiger partial charge in [-0.1, -0.05) is 0 Å². The lowest BCUT2D eigenvalue weighted by molar-refractivity contribution is 0.0460. The van der Waals surface area contributed by atoms with E-state index in [-0.39, 0.29) is 12.8 Å². The Bertz CT molecular complexity index is 642. The number of aryl methyl sites for hydroxylation is 1. The highest BCUT2D eigenvalue weighted by Crippen LogP contribution is 2.43. The molecule has 2 rings (SSSR count). The summed E-state index contributed by atoms with van der Waals surface area (Å²) in [5.41, 5.74) is -1.88. The number of nitrogens with zero attached hydrogens (tertiary/aromatic N) is 2. The molecule has 7 nitrogen and oxygen atoms in total. The summed E-state index contributed by atoms with van der Waals surface area (Å²) in [6.07, 6.45) is 0.793. The number of hydrogen-bond donors (Lipinski definition) is 3. The molecule has 1 aliphatic rings. The summed E-state index contributed by atoms with van der Waals surface area (Å²) < 4.78 is 1.31. The van der Waals surface area contributed by atoms with Crippen molar-refractivity contribution in [3.63, 3.8) is 0 Å². The van der Waals surface area contributed by atoms with Crippen LogP contribution in [0.1, 0.15) is 24.4 Å². The number of nitriles is 1. The highest BCUT2D eigenvalue weighted by molar-refractivity contribution is 5.12. The maximum atomic E-state index is 11.8. The van der Waals surface area contributed by atoms with Gasteiger partial charge in [0, 0.05) is 17.8 Å². The lowest BCUT2D eigenvalue weighted by Gasteiger charge is -2.21. The Kier molecular flexibility index (Phi) is 3.30. The Labute approximate surface area is 108 Å². The molecule has 0 aliphatic heterocycles. The van der Waals surface area contributed by atoms with Crippen molar-refractivity contribution in [1.82, 2.24) is 9.55 Å². The molecule has 0 spiro atoms. The molecule has 0 saturated heterocycles. The average molecular weight is 265 g/mol. The van der Waals surface area contributed by atoms with Crippen molar-refractivity contribution >= 4 is 0 Å². The average Bonchev–Trinajstić information content (AvgIpc) is 2.71. The van der Waals surface area contributed by atoms with Crippen LogP contribution in [0.5, 0.6) is 0 Å². The molecular formula is C12H15N3O4. The number of aromatic amines is 1. The maximum absolute atomic E-state index is 11.8. The monoisotopic (exact) mass is 265 g/mol. The zero-order valence-electron chi connectivity index (χ0n) is 10.5. The van der Waals surface area contributed by atoms with E-state index in [2.05, 4.69) is 4.98 Å². The van der Waals surface area contributed by atoms with Gasteiger partial charge in [-0.2, -0.15) is 5.26 Å². The van der Waals surface area contributed by atoms with Crippen LogP contribution in [0.4, 0.5) is 0 Å². The summed E-state index contributed by atoms with van der Waals surface area (Å²) in [7, 11) is 0. The fourth-order valence-electron chi connectivity index (χ4n) is 2.52. The van der Waals surface area contributed by atoms with E-state index >= 15 is 0 Å². The molecule has 19 heavy (non-hydrogen) atoms. The molecule has 0 aromatic carbocycles. The van der Waals surface area contributed by atoms with E-state index in [0.29, 0.717) is 5.56 Å². The van der Waals surface area contributed by atoms with Crippen molar-refractivity contribution in [2.45, 2.75) is 31.9 Å². The molecule has 0 amide bonds. The number of aliphatic hydroxyl groups is 2. The summed E-state index contributed by atoms with van der Waals surface area (Å²) in [4.78, 5) is 25.2. The van der Waals surface area contributed by atoms with Crippen LogP contribution < -0.4 is 11.2 Å². The number of aromatic nitrogens is 2. The minimum Gasteiger partial charge on any atom is -0.395 e. The first-order valence-electron chi connectivity index (χ1n) is 5.96. The molecule has 1 fully saturated rings. The fourth-order valence-corrected chi connectivity index (χ4v) is 2.52. The largest absolute Gasteiger partial charge is 0.395 e. The second-order valence-corrected chi connectivity index (χ2v) is 5.01. The van der Waals surface area contributed by atoms with Gasteiger partial charge in [-0.05, 0) is 19.8 Å². The second-order valence-electron chi connectivity index (χ2n) is 5.01. The highest BCUT2D eigenvalue weighted by atomic mass is 16.3. The predicted octanol–water partition coefficient (Wildman–Crippen LogP) is -0.957. The van der Waals surface area contributed by atoms with Gasteiger partial charge in [0.05, 0.1) is 18.8 Å². The van der Waals surface area contributed by atoms with Crippen LogP contribution in [0, 0.1) is 23.7 Å². The normalized spacial score (nSPS) is 30.2. The van der Waals surface area contributed by atoms with Crippen LogP contribution in [0.25, 0.3) is 0 Å². The molecule has 1 aromatic heterocycles. The zero-order chi connectivity index (χ0) is 14.2. The first-order valence-corrected chi connectivity index (χ1v) is 5.96. The topological polar surface area (TPSA) is 119 Å². The summed E-state index contributed by atoms with van der Waals surface area (Å²) >= 11 is 0. The molecule has 3 atom stereocenters. The van der Waals surface area contributed by atoms with Crippen LogP contribution in [0.15, 0.2) is 15.8 Å². The molecule has 0 unspecified atom stereocenters. The van der Waals surface area contributed by atoms with Crippen LogP contribution in [-0.2, 0) is 0 Å². The standard InChI is InChI=1S/C12H15N3O4/c1-7-4-15(11(19)14-10(7)18)8-2-9(17)12(3-8,5-13)6-16/h4,8-9,16-17H,2-3,6H2,1H3,(H,14,18,19)/t8-,9-,12-/m0/s1. The number of aliphatic hydroxyl groups excluding tert-OH is 2. The van der Waals surface area contributed by atoms with E-state index < -0.39 is 35.4 Å². The second kappa shape index (κ2) is 4.64. The summed E-state index contributed by atoms with van der Waals surface area (Å²) in [5.74, 6) is 0. The van der Waals surface area contributed by atoms with Crippen molar-refractivity contribution < 1.29 is 10.2 Å². The van der Waals surface area contributed by atoms with E-state index in [1.165, 1.54) is 10.8 Å². The quantitative estimate of drug-likeness (QED) is 0.636. The minimum atomic E-state index is -1.24. The third-order valence-corrected chi connectivity index (χ3v) is 3.78. The maximum Gasteiger partial charge on any atom is 0.328 e. The smallest absolute Gasteiger partial charge is 0.328 e. The van der Waals surface area contributed by atoms with Crippen molar-refractivity contribution in [2.24, 2.45) is 5.41 Å². The van der Waals surface area contributed by atoms with Crippen molar-refractivity contribution in [1.29, 1.82) is 5.26 Å². The lowest BCUT2D eigenvalue weighted by atomic mass is 9.87. The molecule has 7 heteroatoms. The van der Waals surface area contributed by atoms with E-state index in [1.54, 1.807) is 6.92 Å². The number of H-pyrrole nitrogens is 1. The van der Waals surface area contributed by atoms with Gasteiger partial charge in [0.15, 0.2) is 0 Å². The van der Waals surface area contributed by atoms with Crippen LogP contribution >= 0.6 is 0 Å². The van der Waals surface area contributed by atoms with Gasteiger partial charge in [0.1, 0.15) is 5.41 Å². The SMILES string of the molecule is Cc1cn([C@H]2C[C@H](O)[C@@](C#N)(CO)C2)c(=O)[nH]c1=O. The first kappa shape index (κ1) is 13.5. The van der Waals surface area contributed by atoms with Gasteiger partial charge < -0.3 is 10.2 Å². The highest BCUT2D eigenvalue weighted by Gasteiger charge is 2.47. The summed E-state index contributed by atoms with van der Waals surface area (Å²) in [5, 5.41) is 28.3. The van der Waals surface area contributed by atoms with Gasteiger partial charge in [-0.3, -0.25) is 14.3 Å². The predicted molar refractivity (Wildman–Crippen MR) is 65.5 cm³/mol. The molecule has 1 heterocycles. The van der Waals surface area contributed by atoms with E-state index in [9.17, 15) is 19.8 Å². The van der Waals surface area contributed by atoms with Gasteiger partial charge >= 0.3 is 5.69 Å². The molecule has 0 bridgehead atoms. The lowest BCUT2D eigenvalue weighted by Crippen LogP contribution is -2.33. The van der Waals surface area contributed by atoms with E-state index in [0.717, 1.165) is 0 Å². The Balaban J connectivity index is 2.42. The van der Waals surface area contributed by atoms with Crippen LogP contribution in [0.2, 0.25) is 0 Å². The number of hydrogen-bond acceptors (Lipinski definition) is 5. The van der Waals surface area contributed by atoms with Gasteiger partial charge in [-0.25, -0.2) is 4.79 Å². The minimum absolute atomic E-state index is 0.173. The van der Waals surface area contributed by atoms with Crippen molar-refractivity contribution in [3.05, 3.63) is 32.6 Å². The Morgan fingerprint density at radius 2 is 2.32 bits per heavy atom. The van der Waals surface area contributed by atoms with Gasteiger partial charge in [0.25, 0.3) is 5.56 Å². The van der Waals surface area contributed by atoms with E-state index in [4.69, 9.17) is 5.26 Å². The van der Waals surface area contributed by atoms with Gasteiger partial charge in [-0.15, -0.1) is 0 Å². The van der Waals surface area contributed by atoms with Crippen molar-refractivity contribution in [3.8, 4) is 6.07 Å². The Morgan fingerprint density at radius 3 is 2.84 bits per heavy atom. The summed E-state index contributed by atoms with van der Waals surface area (Å²) in [6.45, 7) is 1.11. The molecule has 1 aliphatic carbocycles. The number of nitrogens with one attached hydrogen (secondary N) is 1. The molecule has 1 saturated carbocycles. The molecule has 0 radical (unpaired) electrons. The zero-order valence-corrected chi connectivity index (χ0v) is 10.5. The number of rotatable bonds is 2. The molecule has 3 N–H and O–H groups in total. The van der Waals surface area contributed by atoms with Crippen LogP contribution in [0.3, 0.4) is 0 Å². The third kappa shape index (κ3) is 2.09. The third-order valence-electron chi connectivity index (χ3n) is 3.78. The van der Waals surface area contributed by atoms with Crippen molar-refractivity contribution in [2.75, 3.05) is 6.61 Å². The Hall–Kier alpha value is -1.91. The molecule has 1 aromatic rings. The molecular weight excluding hydrogens is 250 g/mol. The fraction of sp³-hybridized carbons (Fsp3) is 0.583. The van der Waals surface area contributed by atoms with Crippen LogP contribution in [-0.4, -0.2) is 32.5 Å². The molecule has 102 valence electrons. The van der Waals surface area contributed by atoms with E-state index in [1.807, 2.05) is 6.07 Å². The summed E-state index contributed by atoms with van der Waals surface area (Å²) in [6, 6.07) is 1.52.